The van der Waals surface area contributed by atoms with Crippen molar-refractivity contribution in [2.24, 2.45) is 5.92 Å². The third kappa shape index (κ3) is 6.79. The van der Waals surface area contributed by atoms with Gasteiger partial charge in [-0.05, 0) is 48.7 Å². The predicted octanol–water partition coefficient (Wildman–Crippen LogP) is 6.80. The molecule has 4 aromatic rings. The van der Waals surface area contributed by atoms with E-state index in [1.54, 1.807) is 0 Å². The van der Waals surface area contributed by atoms with Gasteiger partial charge < -0.3 is 20.1 Å². The lowest BCUT2D eigenvalue weighted by Gasteiger charge is -2.12. The fourth-order valence-electron chi connectivity index (χ4n) is 3.64. The molecule has 0 spiro atoms. The number of alkyl halides is 3. The maximum absolute atomic E-state index is 14.7. The summed E-state index contributed by atoms with van der Waals surface area (Å²) in [5.41, 5.74) is 0.309. The van der Waals surface area contributed by atoms with E-state index in [9.17, 15) is 31.5 Å². The van der Waals surface area contributed by atoms with Crippen LogP contribution in [0.15, 0.2) is 54.6 Å². The Morgan fingerprint density at radius 2 is 1.77 bits per heavy atom. The predicted molar refractivity (Wildman–Crippen MR) is 133 cm³/mol. The van der Waals surface area contributed by atoms with Gasteiger partial charge in [0.1, 0.15) is 17.3 Å². The molecule has 1 fully saturated rings. The quantitative estimate of drug-likeness (QED) is 0.230. The minimum Gasteiger partial charge on any atom is -0.454 e. The average molecular weight is 564 g/mol. The van der Waals surface area contributed by atoms with Crippen molar-refractivity contribution in [1.29, 1.82) is 0 Å². The van der Waals surface area contributed by atoms with Crippen molar-refractivity contribution in [2.75, 3.05) is 10.6 Å². The highest BCUT2D eigenvalue weighted by atomic mass is 32.1. The minimum atomic E-state index is -4.89. The number of nitrogens with one attached hydrogen (secondary N) is 2. The molecule has 0 unspecified atom stereocenters. The summed E-state index contributed by atoms with van der Waals surface area (Å²) < 4.78 is 76.3. The Kier molecular flexibility index (Phi) is 7.08. The normalized spacial score (nSPS) is 13.3. The zero-order valence-electron chi connectivity index (χ0n) is 19.8. The van der Waals surface area contributed by atoms with Crippen molar-refractivity contribution in [3.63, 3.8) is 0 Å². The summed E-state index contributed by atoms with van der Waals surface area (Å²) in [6, 6.07) is 10.8. The number of thiazole rings is 1. The third-order valence-corrected chi connectivity index (χ3v) is 6.49. The zero-order chi connectivity index (χ0) is 27.7. The number of rotatable bonds is 8. The van der Waals surface area contributed by atoms with Gasteiger partial charge in [-0.15, -0.1) is 13.2 Å². The van der Waals surface area contributed by atoms with Crippen LogP contribution in [0, 0.1) is 17.6 Å². The molecule has 1 aliphatic rings. The molecule has 0 saturated heterocycles. The van der Waals surface area contributed by atoms with Crippen molar-refractivity contribution < 1.29 is 41.0 Å². The molecule has 5 rings (SSSR count). The van der Waals surface area contributed by atoms with E-state index in [0.29, 0.717) is 15.3 Å². The first kappa shape index (κ1) is 26.4. The van der Waals surface area contributed by atoms with Gasteiger partial charge in [-0.1, -0.05) is 23.5 Å². The summed E-state index contributed by atoms with van der Waals surface area (Å²) in [7, 11) is 0. The van der Waals surface area contributed by atoms with Crippen molar-refractivity contribution in [3.8, 4) is 17.2 Å². The van der Waals surface area contributed by atoms with Crippen LogP contribution in [-0.2, 0) is 16.0 Å². The van der Waals surface area contributed by atoms with Crippen LogP contribution < -0.4 is 20.1 Å². The molecule has 7 nitrogen and oxygen atoms in total. The molecule has 0 atom stereocenters. The molecular weight excluding hydrogens is 545 g/mol. The largest absolute Gasteiger partial charge is 0.573 e. The number of hydrogen-bond acceptors (Lipinski definition) is 6. The summed E-state index contributed by atoms with van der Waals surface area (Å²) in [5.74, 6) is -3.10. The standard InChI is InChI=1S/C26H18F5N3O4S/c27-17-7-6-15(10-19(17)32-23(35)9-13-2-1-3-16(8-13)38-26(29,30)31)37-21-12-20-22(11-18(21)28)39-25(33-20)34-24(36)14-4-5-14/h1-3,6-8,10-12,14H,4-5,9H2,(H,32,35)(H,33,34,36). The van der Waals surface area contributed by atoms with Gasteiger partial charge in [0.25, 0.3) is 0 Å². The van der Waals surface area contributed by atoms with E-state index in [0.717, 1.165) is 48.4 Å². The number of nitrogens with zero attached hydrogens (tertiary/aromatic N) is 1. The van der Waals surface area contributed by atoms with Gasteiger partial charge in [0.05, 0.1) is 22.3 Å². The third-order valence-electron chi connectivity index (χ3n) is 5.56. The van der Waals surface area contributed by atoms with Gasteiger partial charge in [0.2, 0.25) is 11.8 Å². The van der Waals surface area contributed by atoms with Crippen LogP contribution in [0.3, 0.4) is 0 Å². The lowest BCUT2D eigenvalue weighted by molar-refractivity contribution is -0.274. The first-order valence-corrected chi connectivity index (χ1v) is 12.4. The Morgan fingerprint density at radius 3 is 2.51 bits per heavy atom. The number of carbonyl (C=O) groups is 2. The average Bonchev–Trinajstić information content (AvgIpc) is 3.62. The first-order valence-electron chi connectivity index (χ1n) is 11.6. The molecule has 0 bridgehead atoms. The number of carbonyl (C=O) groups excluding carboxylic acids is 2. The van der Waals surface area contributed by atoms with E-state index >= 15 is 0 Å². The van der Waals surface area contributed by atoms with Gasteiger partial charge in [0.15, 0.2) is 16.7 Å². The Labute approximate surface area is 221 Å². The Bertz CT molecular complexity index is 1570. The Morgan fingerprint density at radius 1 is 0.974 bits per heavy atom. The molecular formula is C26H18F5N3O4S. The van der Waals surface area contributed by atoms with Gasteiger partial charge in [-0.25, -0.2) is 13.8 Å². The SMILES string of the molecule is O=C(Cc1cccc(OC(F)(F)F)c1)Nc1cc(Oc2cc3nc(NC(=O)C4CC4)sc3cc2F)ccc1F. The van der Waals surface area contributed by atoms with Gasteiger partial charge in [-0.3, -0.25) is 9.59 Å². The molecule has 0 radical (unpaired) electrons. The Hall–Kier alpha value is -4.26. The van der Waals surface area contributed by atoms with E-state index in [2.05, 4.69) is 20.4 Å². The number of anilines is 2. The maximum atomic E-state index is 14.7. The first-order chi connectivity index (χ1) is 18.5. The highest BCUT2D eigenvalue weighted by Gasteiger charge is 2.31. The topological polar surface area (TPSA) is 89.6 Å². The van der Waals surface area contributed by atoms with Crippen molar-refractivity contribution in [2.45, 2.75) is 25.6 Å². The van der Waals surface area contributed by atoms with Crippen LogP contribution in [-0.4, -0.2) is 23.2 Å². The molecule has 202 valence electrons. The second-order valence-electron chi connectivity index (χ2n) is 8.70. The summed E-state index contributed by atoms with van der Waals surface area (Å²) in [6.45, 7) is 0. The van der Waals surface area contributed by atoms with Gasteiger partial charge >= 0.3 is 6.36 Å². The van der Waals surface area contributed by atoms with E-state index in [1.165, 1.54) is 30.3 Å². The second-order valence-corrected chi connectivity index (χ2v) is 9.73. The molecule has 39 heavy (non-hydrogen) atoms. The molecule has 1 aromatic heterocycles. The fourth-order valence-corrected chi connectivity index (χ4v) is 4.51. The smallest absolute Gasteiger partial charge is 0.454 e. The number of ether oxygens (including phenoxy) is 2. The van der Waals surface area contributed by atoms with Crippen LogP contribution >= 0.6 is 11.3 Å². The molecule has 3 aromatic carbocycles. The van der Waals surface area contributed by atoms with Crippen LogP contribution in [0.4, 0.5) is 32.8 Å². The lowest BCUT2D eigenvalue weighted by Crippen LogP contribution is -2.18. The second kappa shape index (κ2) is 10.5. The van der Waals surface area contributed by atoms with Crippen molar-refractivity contribution >= 4 is 44.2 Å². The molecule has 1 saturated carbocycles. The number of fused-ring (bicyclic) bond motifs is 1. The van der Waals surface area contributed by atoms with Gasteiger partial charge in [0, 0.05) is 18.1 Å². The molecule has 2 amide bonds. The highest BCUT2D eigenvalue weighted by Crippen LogP contribution is 2.36. The monoisotopic (exact) mass is 563 g/mol. The van der Waals surface area contributed by atoms with Crippen LogP contribution in [0.1, 0.15) is 18.4 Å². The molecule has 13 heteroatoms. The highest BCUT2D eigenvalue weighted by molar-refractivity contribution is 7.22. The van der Waals surface area contributed by atoms with Crippen LogP contribution in [0.2, 0.25) is 0 Å². The summed E-state index contributed by atoms with van der Waals surface area (Å²) in [4.78, 5) is 28.7. The summed E-state index contributed by atoms with van der Waals surface area (Å²) in [5, 5.41) is 5.38. The number of aromatic nitrogens is 1. The number of amides is 2. The summed E-state index contributed by atoms with van der Waals surface area (Å²) in [6.07, 6.45) is -3.60. The van der Waals surface area contributed by atoms with Crippen molar-refractivity contribution in [3.05, 3.63) is 71.8 Å². The number of halogens is 5. The number of benzene rings is 3. The Balaban J connectivity index is 1.27. The summed E-state index contributed by atoms with van der Waals surface area (Å²) >= 11 is 1.12. The fraction of sp³-hybridized carbons (Fsp3) is 0.192. The van der Waals surface area contributed by atoms with E-state index in [1.807, 2.05) is 0 Å². The van der Waals surface area contributed by atoms with Gasteiger partial charge in [-0.2, -0.15) is 0 Å². The molecule has 0 aliphatic heterocycles. The lowest BCUT2D eigenvalue weighted by atomic mass is 10.1. The maximum Gasteiger partial charge on any atom is 0.573 e. The van der Waals surface area contributed by atoms with Crippen LogP contribution in [0.5, 0.6) is 17.2 Å². The van der Waals surface area contributed by atoms with Crippen LogP contribution in [0.25, 0.3) is 10.2 Å². The minimum absolute atomic E-state index is 0.00279. The van der Waals surface area contributed by atoms with E-state index < -0.39 is 29.7 Å². The molecule has 1 heterocycles. The van der Waals surface area contributed by atoms with E-state index in [4.69, 9.17) is 4.74 Å². The van der Waals surface area contributed by atoms with E-state index in [-0.39, 0.29) is 41.0 Å². The van der Waals surface area contributed by atoms with Crippen molar-refractivity contribution in [1.82, 2.24) is 4.98 Å². The molecule has 2 N–H and O–H groups in total. The zero-order valence-corrected chi connectivity index (χ0v) is 20.6. The molecule has 1 aliphatic carbocycles. The number of hydrogen-bond donors (Lipinski definition) is 2.